The van der Waals surface area contributed by atoms with E-state index in [0.29, 0.717) is 27.8 Å². The summed E-state index contributed by atoms with van der Waals surface area (Å²) < 4.78 is 0. The van der Waals surface area contributed by atoms with Gasteiger partial charge in [-0.15, -0.1) is 36.2 Å². The molecule has 2 unspecified atom stereocenters. The Morgan fingerprint density at radius 3 is 2.46 bits per heavy atom. The maximum atomic E-state index is 12.4. The highest BCUT2D eigenvalue weighted by Crippen LogP contribution is 2.27. The Labute approximate surface area is 156 Å². The molecule has 2 aromatic heterocycles. The van der Waals surface area contributed by atoms with Crippen LogP contribution in [0.25, 0.3) is 10.8 Å². The molecule has 130 valence electrons. The topological polar surface area (TPSA) is 79.8 Å². The van der Waals surface area contributed by atoms with Gasteiger partial charge in [-0.25, -0.2) is 15.0 Å². The van der Waals surface area contributed by atoms with Crippen molar-refractivity contribution in [1.29, 1.82) is 0 Å². The number of nitrogens with zero attached hydrogens (tertiary/aromatic N) is 3. The third kappa shape index (κ3) is 4.03. The molecule has 0 aromatic carbocycles. The third-order valence-corrected chi connectivity index (χ3v) is 5.29. The molecule has 2 aliphatic rings. The number of fused-ring (bicyclic) bond motifs is 2. The van der Waals surface area contributed by atoms with Crippen LogP contribution in [-0.2, 0) is 0 Å². The number of rotatable bonds is 3. The highest BCUT2D eigenvalue weighted by molar-refractivity contribution is 7.16. The number of thiazole rings is 1. The summed E-state index contributed by atoms with van der Waals surface area (Å²) in [5, 5.41) is 7.41. The first-order valence-corrected chi connectivity index (χ1v) is 8.40. The number of carbonyl (C=O) groups is 1. The van der Waals surface area contributed by atoms with Crippen LogP contribution in [0.4, 0.5) is 0 Å². The van der Waals surface area contributed by atoms with E-state index in [-0.39, 0.29) is 36.8 Å². The van der Waals surface area contributed by atoms with Gasteiger partial charge in [0.05, 0.1) is 6.20 Å². The predicted octanol–water partition coefficient (Wildman–Crippen LogP) is 2.46. The molecule has 4 heterocycles. The quantitative estimate of drug-likeness (QED) is 0.845. The van der Waals surface area contributed by atoms with E-state index in [2.05, 4.69) is 25.6 Å². The molecule has 0 radical (unpaired) electrons. The van der Waals surface area contributed by atoms with Gasteiger partial charge in [-0.05, 0) is 31.7 Å². The summed E-state index contributed by atoms with van der Waals surface area (Å²) in [6, 6.07) is 3.17. The third-order valence-electron chi connectivity index (χ3n) is 4.29. The number of hydrogen-bond acceptors (Lipinski definition) is 6. The summed E-state index contributed by atoms with van der Waals surface area (Å²) in [6.45, 7) is 0. The van der Waals surface area contributed by atoms with E-state index in [1.807, 2.05) is 0 Å². The Hall–Kier alpha value is -1.28. The summed E-state index contributed by atoms with van der Waals surface area (Å²) in [6.07, 6.45) is 9.47. The van der Waals surface area contributed by atoms with Gasteiger partial charge in [0.1, 0.15) is 4.88 Å². The van der Waals surface area contributed by atoms with Crippen molar-refractivity contribution in [3.05, 3.63) is 29.5 Å². The lowest BCUT2D eigenvalue weighted by atomic mass is 10.00. The minimum atomic E-state index is -0.0361. The van der Waals surface area contributed by atoms with Gasteiger partial charge in [0, 0.05) is 30.5 Å². The van der Waals surface area contributed by atoms with E-state index in [1.165, 1.54) is 24.2 Å². The molecular formula is C15H19Cl2N5OS. The predicted molar refractivity (Wildman–Crippen MR) is 98.1 cm³/mol. The molecule has 6 nitrogen and oxygen atoms in total. The molecular weight excluding hydrogens is 369 g/mol. The lowest BCUT2D eigenvalue weighted by Crippen LogP contribution is -2.47. The van der Waals surface area contributed by atoms with E-state index in [1.54, 1.807) is 24.7 Å². The van der Waals surface area contributed by atoms with Crippen molar-refractivity contribution in [3.63, 3.8) is 0 Å². The summed E-state index contributed by atoms with van der Waals surface area (Å²) in [5.41, 5.74) is 0. The SMILES string of the molecule is Cl.Cl.O=C(NC1CC2CCC(C1)N2)c1cnc(-c2ncccn2)s1. The minimum absolute atomic E-state index is 0. The van der Waals surface area contributed by atoms with Crippen molar-refractivity contribution in [2.45, 2.75) is 43.8 Å². The molecule has 24 heavy (non-hydrogen) atoms. The number of halogens is 2. The lowest BCUT2D eigenvalue weighted by molar-refractivity contribution is 0.0928. The van der Waals surface area contributed by atoms with E-state index in [4.69, 9.17) is 0 Å². The normalized spacial score (nSPS) is 24.6. The molecule has 0 saturated carbocycles. The molecule has 0 spiro atoms. The highest BCUT2D eigenvalue weighted by Gasteiger charge is 2.34. The second-order valence-electron chi connectivity index (χ2n) is 5.88. The highest BCUT2D eigenvalue weighted by atomic mass is 35.5. The van der Waals surface area contributed by atoms with Gasteiger partial charge in [-0.3, -0.25) is 4.79 Å². The Morgan fingerprint density at radius 1 is 1.12 bits per heavy atom. The summed E-state index contributed by atoms with van der Waals surface area (Å²) in [5.74, 6) is 0.525. The fourth-order valence-corrected chi connectivity index (χ4v) is 4.09. The van der Waals surface area contributed by atoms with Crippen molar-refractivity contribution in [2.24, 2.45) is 0 Å². The maximum absolute atomic E-state index is 12.4. The average molecular weight is 388 g/mol. The van der Waals surface area contributed by atoms with Crippen LogP contribution in [0.15, 0.2) is 24.7 Å². The van der Waals surface area contributed by atoms with Gasteiger partial charge in [-0.2, -0.15) is 0 Å². The first-order chi connectivity index (χ1) is 10.8. The summed E-state index contributed by atoms with van der Waals surface area (Å²) >= 11 is 1.34. The molecule has 9 heteroatoms. The molecule has 2 aromatic rings. The van der Waals surface area contributed by atoms with Crippen molar-refractivity contribution in [3.8, 4) is 10.8 Å². The van der Waals surface area contributed by atoms with Crippen LogP contribution in [0.2, 0.25) is 0 Å². The maximum Gasteiger partial charge on any atom is 0.263 e. The van der Waals surface area contributed by atoms with Crippen molar-refractivity contribution in [1.82, 2.24) is 25.6 Å². The molecule has 1 amide bonds. The molecule has 2 saturated heterocycles. The molecule has 2 aliphatic heterocycles. The fourth-order valence-electron chi connectivity index (χ4n) is 3.32. The number of aromatic nitrogens is 3. The Morgan fingerprint density at radius 2 is 1.79 bits per heavy atom. The van der Waals surface area contributed by atoms with Gasteiger partial charge in [0.15, 0.2) is 10.8 Å². The second-order valence-corrected chi connectivity index (χ2v) is 6.91. The number of piperidine rings is 1. The average Bonchev–Trinajstić information content (AvgIpc) is 3.15. The van der Waals surface area contributed by atoms with Crippen LogP contribution in [0, 0.1) is 0 Å². The first kappa shape index (κ1) is 19.1. The molecule has 2 fully saturated rings. The van der Waals surface area contributed by atoms with Crippen LogP contribution in [0.1, 0.15) is 35.4 Å². The van der Waals surface area contributed by atoms with Crippen molar-refractivity contribution >= 4 is 42.1 Å². The zero-order chi connectivity index (χ0) is 14.9. The van der Waals surface area contributed by atoms with Crippen LogP contribution < -0.4 is 10.6 Å². The van der Waals surface area contributed by atoms with Crippen molar-refractivity contribution < 1.29 is 4.79 Å². The minimum Gasteiger partial charge on any atom is -0.348 e. The van der Waals surface area contributed by atoms with Gasteiger partial charge in [0.25, 0.3) is 5.91 Å². The Kier molecular flexibility index (Phi) is 6.51. The summed E-state index contributed by atoms with van der Waals surface area (Å²) in [4.78, 5) is 25.6. The first-order valence-electron chi connectivity index (χ1n) is 7.58. The smallest absolute Gasteiger partial charge is 0.263 e. The van der Waals surface area contributed by atoms with Gasteiger partial charge in [0.2, 0.25) is 0 Å². The summed E-state index contributed by atoms with van der Waals surface area (Å²) in [7, 11) is 0. The Balaban J connectivity index is 0.00000104. The molecule has 0 aliphatic carbocycles. The van der Waals surface area contributed by atoms with Gasteiger partial charge < -0.3 is 10.6 Å². The zero-order valence-electron chi connectivity index (χ0n) is 12.8. The lowest BCUT2D eigenvalue weighted by Gasteiger charge is -2.29. The monoisotopic (exact) mass is 387 g/mol. The number of nitrogens with one attached hydrogen (secondary N) is 2. The molecule has 4 rings (SSSR count). The fraction of sp³-hybridized carbons (Fsp3) is 0.467. The van der Waals surface area contributed by atoms with Crippen molar-refractivity contribution in [2.75, 3.05) is 0 Å². The standard InChI is InChI=1S/C15H17N5OS.2ClH/c21-14(20-11-6-9-2-3-10(7-11)19-9)12-8-18-15(22-12)13-16-4-1-5-17-13;;/h1,4-5,8-11,19H,2-3,6-7H2,(H,20,21);2*1H. The van der Waals surface area contributed by atoms with E-state index < -0.39 is 0 Å². The van der Waals surface area contributed by atoms with E-state index in [0.717, 1.165) is 12.8 Å². The van der Waals surface area contributed by atoms with Crippen LogP contribution >= 0.6 is 36.2 Å². The number of amides is 1. The molecule has 2 N–H and O–H groups in total. The van der Waals surface area contributed by atoms with Gasteiger partial charge in [-0.1, -0.05) is 0 Å². The van der Waals surface area contributed by atoms with Crippen LogP contribution in [0.5, 0.6) is 0 Å². The van der Waals surface area contributed by atoms with Crippen LogP contribution in [-0.4, -0.2) is 39.0 Å². The van der Waals surface area contributed by atoms with E-state index in [9.17, 15) is 4.79 Å². The van der Waals surface area contributed by atoms with Gasteiger partial charge >= 0.3 is 0 Å². The van der Waals surface area contributed by atoms with Crippen LogP contribution in [0.3, 0.4) is 0 Å². The number of carbonyl (C=O) groups excluding carboxylic acids is 1. The largest absolute Gasteiger partial charge is 0.348 e. The molecule has 2 bridgehead atoms. The Bertz CT molecular complexity index is 672. The zero-order valence-corrected chi connectivity index (χ0v) is 15.3. The molecule has 2 atom stereocenters. The van der Waals surface area contributed by atoms with E-state index >= 15 is 0 Å². The second kappa shape index (κ2) is 8.20. The number of hydrogen-bond donors (Lipinski definition) is 2.